The van der Waals surface area contributed by atoms with Crippen molar-refractivity contribution in [2.24, 2.45) is 10.8 Å². The molecule has 214 valence electrons. The van der Waals surface area contributed by atoms with Crippen LogP contribution >= 0.6 is 0 Å². The van der Waals surface area contributed by atoms with Crippen LogP contribution in [0.4, 0.5) is 0 Å². The standard InChI is InChI=1S/C29H31N5O7/c1-38-19-8-11-31-21(13-19)23-28(26(36)40-3)16-34(15-18-7-5-6-10-30-18)17-29(25(28)35,27(37)41-4)24(33-23)22-14-20(39-2)9-12-32-22/h5-14,23-24,33H,15-17H2,1-4H3/t23-,24+,28?,29?. The van der Waals surface area contributed by atoms with Crippen molar-refractivity contribution in [3.8, 4) is 11.5 Å². The van der Waals surface area contributed by atoms with E-state index >= 15 is 0 Å². The van der Waals surface area contributed by atoms with Crippen molar-refractivity contribution >= 4 is 17.7 Å². The maximum absolute atomic E-state index is 14.9. The Bertz CT molecular complexity index is 1370. The van der Waals surface area contributed by atoms with Gasteiger partial charge in [0.15, 0.2) is 16.6 Å². The van der Waals surface area contributed by atoms with Gasteiger partial charge in [-0.15, -0.1) is 0 Å². The number of esters is 2. The number of rotatable bonds is 8. The zero-order chi connectivity index (χ0) is 29.2. The highest BCUT2D eigenvalue weighted by Crippen LogP contribution is 2.56. The topological polar surface area (TPSA) is 142 Å². The van der Waals surface area contributed by atoms with Gasteiger partial charge in [0.1, 0.15) is 11.5 Å². The lowest BCUT2D eigenvalue weighted by Gasteiger charge is -2.57. The number of hydrogen-bond donors (Lipinski definition) is 1. The molecule has 2 unspecified atom stereocenters. The smallest absolute Gasteiger partial charge is 0.322 e. The molecule has 4 atom stereocenters. The Labute approximate surface area is 237 Å². The minimum absolute atomic E-state index is 0.0668. The van der Waals surface area contributed by atoms with Gasteiger partial charge in [0.25, 0.3) is 0 Å². The monoisotopic (exact) mass is 561 g/mol. The first-order valence-electron chi connectivity index (χ1n) is 12.9. The van der Waals surface area contributed by atoms with E-state index in [2.05, 4.69) is 20.3 Å². The van der Waals surface area contributed by atoms with E-state index < -0.39 is 40.6 Å². The molecule has 5 heterocycles. The number of carbonyl (C=O) groups excluding carboxylic acids is 3. The van der Waals surface area contributed by atoms with Crippen molar-refractivity contribution in [2.75, 3.05) is 41.5 Å². The molecule has 2 bridgehead atoms. The molecular formula is C29H31N5O7. The van der Waals surface area contributed by atoms with Crippen molar-refractivity contribution in [1.82, 2.24) is 25.2 Å². The summed E-state index contributed by atoms with van der Waals surface area (Å²) in [6.07, 6.45) is 4.71. The number of hydrogen-bond acceptors (Lipinski definition) is 12. The number of piperidine rings is 2. The van der Waals surface area contributed by atoms with E-state index in [0.717, 1.165) is 0 Å². The molecule has 0 aromatic carbocycles. The molecule has 0 saturated carbocycles. The second-order valence-corrected chi connectivity index (χ2v) is 9.99. The first-order valence-corrected chi connectivity index (χ1v) is 12.9. The number of ether oxygens (including phenoxy) is 4. The number of likely N-dealkylation sites (tertiary alicyclic amines) is 1. The molecule has 1 N–H and O–H groups in total. The molecule has 2 aliphatic heterocycles. The van der Waals surface area contributed by atoms with Crippen LogP contribution in [0.15, 0.2) is 61.1 Å². The fourth-order valence-electron chi connectivity index (χ4n) is 6.05. The summed E-state index contributed by atoms with van der Waals surface area (Å²) < 4.78 is 21.4. The SMILES string of the molecule is COC(=O)C12CN(Cc3ccccn3)CC(C(=O)OC)(C1=O)[C@H](c1cc(OC)ccn1)N[C@@H]2c1cc(OC)ccn1. The third-order valence-electron chi connectivity index (χ3n) is 7.85. The number of Topliss-reactive ketones (excluding diaryl/α,β-unsaturated/α-hetero) is 1. The first kappa shape index (κ1) is 28.1. The Morgan fingerprint density at radius 2 is 1.37 bits per heavy atom. The number of ketones is 1. The summed E-state index contributed by atoms with van der Waals surface area (Å²) in [5, 5.41) is 3.42. The van der Waals surface area contributed by atoms with Gasteiger partial charge in [0.05, 0.1) is 57.6 Å². The molecule has 5 rings (SSSR count). The number of nitrogens with zero attached hydrogens (tertiary/aromatic N) is 4. The summed E-state index contributed by atoms with van der Waals surface area (Å²) >= 11 is 0. The number of aromatic nitrogens is 3. The first-order chi connectivity index (χ1) is 19.8. The molecule has 0 spiro atoms. The number of nitrogens with one attached hydrogen (secondary N) is 1. The Kier molecular flexibility index (Phi) is 7.70. The summed E-state index contributed by atoms with van der Waals surface area (Å²) in [6, 6.07) is 10.0. The van der Waals surface area contributed by atoms with Crippen LogP contribution in [-0.2, 0) is 30.4 Å². The van der Waals surface area contributed by atoms with Gasteiger partial charge < -0.3 is 18.9 Å². The van der Waals surface area contributed by atoms with Gasteiger partial charge in [0.2, 0.25) is 0 Å². The fraction of sp³-hybridized carbons (Fsp3) is 0.379. The highest BCUT2D eigenvalue weighted by atomic mass is 16.5. The van der Waals surface area contributed by atoms with Crippen LogP contribution in [0.5, 0.6) is 11.5 Å². The lowest BCUT2D eigenvalue weighted by Crippen LogP contribution is -2.75. The van der Waals surface area contributed by atoms with Crippen molar-refractivity contribution in [1.29, 1.82) is 0 Å². The van der Waals surface area contributed by atoms with Crippen molar-refractivity contribution in [2.45, 2.75) is 18.6 Å². The minimum atomic E-state index is -1.88. The predicted molar refractivity (Wildman–Crippen MR) is 144 cm³/mol. The molecule has 12 nitrogen and oxygen atoms in total. The second-order valence-electron chi connectivity index (χ2n) is 9.99. The van der Waals surface area contributed by atoms with Crippen LogP contribution in [0.3, 0.4) is 0 Å². The lowest BCUT2D eigenvalue weighted by molar-refractivity contribution is -0.191. The molecule has 2 fully saturated rings. The van der Waals surface area contributed by atoms with Crippen LogP contribution in [0, 0.1) is 10.8 Å². The lowest BCUT2D eigenvalue weighted by atomic mass is 9.55. The van der Waals surface area contributed by atoms with Gasteiger partial charge in [-0.25, -0.2) is 0 Å². The van der Waals surface area contributed by atoms with Gasteiger partial charge in [0, 0.05) is 50.4 Å². The van der Waals surface area contributed by atoms with E-state index in [1.165, 1.54) is 40.8 Å². The normalized spacial score (nSPS) is 25.7. The molecule has 2 aliphatic rings. The Morgan fingerprint density at radius 1 is 0.829 bits per heavy atom. The highest BCUT2D eigenvalue weighted by molar-refractivity contribution is 6.17. The maximum Gasteiger partial charge on any atom is 0.322 e. The van der Waals surface area contributed by atoms with Crippen molar-refractivity contribution in [3.63, 3.8) is 0 Å². The number of carbonyl (C=O) groups is 3. The van der Waals surface area contributed by atoms with Gasteiger partial charge >= 0.3 is 11.9 Å². The molecule has 12 heteroatoms. The molecule has 0 aliphatic carbocycles. The Hall–Kier alpha value is -4.42. The molecular weight excluding hydrogens is 530 g/mol. The third kappa shape index (κ3) is 4.58. The van der Waals surface area contributed by atoms with Crippen LogP contribution in [-0.4, -0.2) is 79.1 Å². The third-order valence-corrected chi connectivity index (χ3v) is 7.85. The zero-order valence-corrected chi connectivity index (χ0v) is 23.2. The van der Waals surface area contributed by atoms with E-state index in [-0.39, 0.29) is 19.6 Å². The number of pyridine rings is 3. The van der Waals surface area contributed by atoms with Crippen LogP contribution < -0.4 is 14.8 Å². The summed E-state index contributed by atoms with van der Waals surface area (Å²) in [6.45, 7) is 0.118. The molecule has 0 amide bonds. The molecule has 41 heavy (non-hydrogen) atoms. The van der Waals surface area contributed by atoms with Gasteiger partial charge in [-0.1, -0.05) is 6.07 Å². The summed E-state index contributed by atoms with van der Waals surface area (Å²) in [5.74, 6) is -1.29. The maximum atomic E-state index is 14.9. The fourth-order valence-corrected chi connectivity index (χ4v) is 6.05. The molecule has 3 aromatic heterocycles. The van der Waals surface area contributed by atoms with Crippen LogP contribution in [0.25, 0.3) is 0 Å². The van der Waals surface area contributed by atoms with E-state index in [0.29, 0.717) is 28.6 Å². The van der Waals surface area contributed by atoms with E-state index in [1.54, 1.807) is 36.5 Å². The highest BCUT2D eigenvalue weighted by Gasteiger charge is 2.73. The summed E-state index contributed by atoms with van der Waals surface area (Å²) in [4.78, 5) is 58.0. The average molecular weight is 562 g/mol. The van der Waals surface area contributed by atoms with Crippen molar-refractivity contribution < 1.29 is 33.3 Å². The molecule has 2 saturated heterocycles. The summed E-state index contributed by atoms with van der Waals surface area (Å²) in [7, 11) is 5.45. The number of methoxy groups -OCH3 is 4. The molecule has 3 aromatic rings. The van der Waals surface area contributed by atoms with Gasteiger partial charge in [-0.05, 0) is 24.3 Å². The average Bonchev–Trinajstić information content (AvgIpc) is 3.01. The van der Waals surface area contributed by atoms with Gasteiger partial charge in [-0.2, -0.15) is 0 Å². The minimum Gasteiger partial charge on any atom is -0.497 e. The van der Waals surface area contributed by atoms with Crippen LogP contribution in [0.1, 0.15) is 29.2 Å². The van der Waals surface area contributed by atoms with Crippen LogP contribution in [0.2, 0.25) is 0 Å². The Morgan fingerprint density at radius 3 is 1.80 bits per heavy atom. The van der Waals surface area contributed by atoms with E-state index in [4.69, 9.17) is 18.9 Å². The number of fused-ring (bicyclic) bond motifs is 2. The Balaban J connectivity index is 1.78. The van der Waals surface area contributed by atoms with Crippen molar-refractivity contribution in [3.05, 3.63) is 78.1 Å². The second kappa shape index (κ2) is 11.2. The largest absolute Gasteiger partial charge is 0.497 e. The van der Waals surface area contributed by atoms with E-state index in [1.807, 2.05) is 17.0 Å². The summed E-state index contributed by atoms with van der Waals surface area (Å²) in [5.41, 5.74) is -2.36. The predicted octanol–water partition coefficient (Wildman–Crippen LogP) is 1.68. The molecule has 0 radical (unpaired) electrons. The quantitative estimate of drug-likeness (QED) is 0.316. The van der Waals surface area contributed by atoms with E-state index in [9.17, 15) is 14.4 Å². The van der Waals surface area contributed by atoms with Gasteiger partial charge in [-0.3, -0.25) is 39.6 Å². The zero-order valence-electron chi connectivity index (χ0n) is 23.2.